The van der Waals surface area contributed by atoms with Gasteiger partial charge in [-0.3, -0.25) is 4.79 Å². The van der Waals surface area contributed by atoms with E-state index in [1.54, 1.807) is 6.92 Å². The number of carbonyl (C=O) groups is 1. The Kier molecular flexibility index (Phi) is 4.94. The summed E-state index contributed by atoms with van der Waals surface area (Å²) in [6, 6.07) is 15.8. The molecule has 0 aliphatic carbocycles. The molecule has 0 N–H and O–H groups in total. The molecular weight excluding hydrogens is 248 g/mol. The van der Waals surface area contributed by atoms with Crippen molar-refractivity contribution >= 4 is 5.78 Å². The lowest BCUT2D eigenvalue weighted by atomic mass is 10.0. The molecule has 0 saturated heterocycles. The lowest BCUT2D eigenvalue weighted by Crippen LogP contribution is -1.96. The highest BCUT2D eigenvalue weighted by atomic mass is 16.5. The first kappa shape index (κ1) is 14.3. The maximum Gasteiger partial charge on any atom is 0.159 e. The highest BCUT2D eigenvalue weighted by Crippen LogP contribution is 2.23. The number of hydrogen-bond donors (Lipinski definition) is 0. The van der Waals surface area contributed by atoms with Crippen LogP contribution in [0.3, 0.4) is 0 Å². The van der Waals surface area contributed by atoms with Crippen molar-refractivity contribution in [2.45, 2.75) is 26.7 Å². The fourth-order valence-electron chi connectivity index (χ4n) is 1.98. The minimum absolute atomic E-state index is 0.0937. The molecule has 104 valence electrons. The Labute approximate surface area is 120 Å². The molecule has 2 aromatic carbocycles. The number of Topliss-reactive ketones (excluding diaryl/α,β-unsaturated/α-hetero) is 1. The molecule has 2 heteroatoms. The zero-order chi connectivity index (χ0) is 14.4. The van der Waals surface area contributed by atoms with Gasteiger partial charge in [-0.2, -0.15) is 0 Å². The van der Waals surface area contributed by atoms with Crippen molar-refractivity contribution in [2.75, 3.05) is 6.61 Å². The molecule has 0 atom stereocenters. The molecule has 2 nitrogen and oxygen atoms in total. The maximum atomic E-state index is 11.2. The monoisotopic (exact) mass is 268 g/mol. The van der Waals surface area contributed by atoms with E-state index in [1.807, 2.05) is 48.5 Å². The van der Waals surface area contributed by atoms with Crippen molar-refractivity contribution in [3.05, 3.63) is 54.1 Å². The summed E-state index contributed by atoms with van der Waals surface area (Å²) in [5.41, 5.74) is 2.98. The molecule has 0 amide bonds. The van der Waals surface area contributed by atoms with Crippen LogP contribution in [0.5, 0.6) is 5.75 Å². The smallest absolute Gasteiger partial charge is 0.159 e. The highest BCUT2D eigenvalue weighted by Gasteiger charge is 2.01. The molecule has 0 aliphatic heterocycles. The number of ketones is 1. The van der Waals surface area contributed by atoms with Gasteiger partial charge in [0.1, 0.15) is 5.75 Å². The fourth-order valence-corrected chi connectivity index (χ4v) is 1.98. The van der Waals surface area contributed by atoms with Crippen LogP contribution in [-0.4, -0.2) is 12.4 Å². The van der Waals surface area contributed by atoms with Gasteiger partial charge < -0.3 is 4.74 Å². The predicted octanol–water partition coefficient (Wildman–Crippen LogP) is 4.74. The number of ether oxygens (including phenoxy) is 1. The molecule has 2 aromatic rings. The van der Waals surface area contributed by atoms with Crippen LogP contribution < -0.4 is 4.74 Å². The van der Waals surface area contributed by atoms with Crippen LogP contribution in [0.4, 0.5) is 0 Å². The van der Waals surface area contributed by atoms with E-state index in [-0.39, 0.29) is 5.78 Å². The standard InChI is InChI=1S/C18H20O2/c1-3-4-13-20-18-11-9-17(10-12-18)16-7-5-15(6-8-16)14(2)19/h5-12H,3-4,13H2,1-2H3. The van der Waals surface area contributed by atoms with E-state index in [0.29, 0.717) is 0 Å². The summed E-state index contributed by atoms with van der Waals surface area (Å²) in [6.45, 7) is 4.50. The first-order chi connectivity index (χ1) is 9.70. The molecule has 0 heterocycles. The van der Waals surface area contributed by atoms with Gasteiger partial charge in [-0.1, -0.05) is 49.7 Å². The molecule has 0 bridgehead atoms. The van der Waals surface area contributed by atoms with Crippen LogP contribution in [0.15, 0.2) is 48.5 Å². The van der Waals surface area contributed by atoms with E-state index < -0.39 is 0 Å². The Bertz CT molecular complexity index is 553. The van der Waals surface area contributed by atoms with Gasteiger partial charge in [-0.15, -0.1) is 0 Å². The van der Waals surface area contributed by atoms with Crippen molar-refractivity contribution in [3.8, 4) is 16.9 Å². The molecule has 0 fully saturated rings. The second-order valence-corrected chi connectivity index (χ2v) is 4.86. The summed E-state index contributed by atoms with van der Waals surface area (Å²) in [7, 11) is 0. The lowest BCUT2D eigenvalue weighted by Gasteiger charge is -2.07. The summed E-state index contributed by atoms with van der Waals surface area (Å²) in [4.78, 5) is 11.2. The number of unbranched alkanes of at least 4 members (excludes halogenated alkanes) is 1. The van der Waals surface area contributed by atoms with Gasteiger partial charge in [0.25, 0.3) is 0 Å². The largest absolute Gasteiger partial charge is 0.494 e. The maximum absolute atomic E-state index is 11.2. The van der Waals surface area contributed by atoms with E-state index in [1.165, 1.54) is 0 Å². The van der Waals surface area contributed by atoms with E-state index >= 15 is 0 Å². The molecule has 2 rings (SSSR count). The van der Waals surface area contributed by atoms with Crippen molar-refractivity contribution in [3.63, 3.8) is 0 Å². The average molecular weight is 268 g/mol. The van der Waals surface area contributed by atoms with Gasteiger partial charge >= 0.3 is 0 Å². The minimum atomic E-state index is 0.0937. The molecule has 0 saturated carbocycles. The third-order valence-corrected chi connectivity index (χ3v) is 3.25. The first-order valence-electron chi connectivity index (χ1n) is 7.05. The van der Waals surface area contributed by atoms with Crippen molar-refractivity contribution in [2.24, 2.45) is 0 Å². The summed E-state index contributed by atoms with van der Waals surface area (Å²) in [5.74, 6) is 0.999. The Morgan fingerprint density at radius 3 is 2.00 bits per heavy atom. The Morgan fingerprint density at radius 1 is 0.950 bits per heavy atom. The Morgan fingerprint density at radius 2 is 1.50 bits per heavy atom. The molecule has 0 unspecified atom stereocenters. The van der Waals surface area contributed by atoms with Gasteiger partial charge in [0, 0.05) is 5.56 Å². The topological polar surface area (TPSA) is 26.3 Å². The summed E-state index contributed by atoms with van der Waals surface area (Å²) >= 11 is 0. The second-order valence-electron chi connectivity index (χ2n) is 4.86. The molecule has 0 radical (unpaired) electrons. The number of hydrogen-bond acceptors (Lipinski definition) is 2. The molecule has 0 spiro atoms. The van der Waals surface area contributed by atoms with E-state index in [2.05, 4.69) is 6.92 Å². The number of benzene rings is 2. The van der Waals surface area contributed by atoms with Crippen LogP contribution in [-0.2, 0) is 0 Å². The van der Waals surface area contributed by atoms with Crippen molar-refractivity contribution in [1.29, 1.82) is 0 Å². The van der Waals surface area contributed by atoms with Crippen LogP contribution in [0.2, 0.25) is 0 Å². The first-order valence-corrected chi connectivity index (χ1v) is 7.05. The van der Waals surface area contributed by atoms with Crippen molar-refractivity contribution < 1.29 is 9.53 Å². The van der Waals surface area contributed by atoms with Crippen molar-refractivity contribution in [1.82, 2.24) is 0 Å². The number of rotatable bonds is 6. The van der Waals surface area contributed by atoms with Gasteiger partial charge in [-0.25, -0.2) is 0 Å². The predicted molar refractivity (Wildman–Crippen MR) is 82.3 cm³/mol. The average Bonchev–Trinajstić information content (AvgIpc) is 2.48. The van der Waals surface area contributed by atoms with E-state index in [0.717, 1.165) is 41.9 Å². The van der Waals surface area contributed by atoms with Crippen LogP contribution in [0.25, 0.3) is 11.1 Å². The highest BCUT2D eigenvalue weighted by molar-refractivity contribution is 5.94. The normalized spacial score (nSPS) is 10.3. The second kappa shape index (κ2) is 6.90. The zero-order valence-electron chi connectivity index (χ0n) is 12.1. The lowest BCUT2D eigenvalue weighted by molar-refractivity contribution is 0.101. The number of carbonyl (C=O) groups excluding carboxylic acids is 1. The van der Waals surface area contributed by atoms with Crippen LogP contribution in [0.1, 0.15) is 37.0 Å². The third-order valence-electron chi connectivity index (χ3n) is 3.25. The fraction of sp³-hybridized carbons (Fsp3) is 0.278. The zero-order valence-corrected chi connectivity index (χ0v) is 12.1. The summed E-state index contributed by atoms with van der Waals surface area (Å²) in [6.07, 6.45) is 2.22. The van der Waals surface area contributed by atoms with Gasteiger partial charge in [0.15, 0.2) is 5.78 Å². The van der Waals surface area contributed by atoms with Crippen LogP contribution in [0, 0.1) is 0 Å². The van der Waals surface area contributed by atoms with E-state index in [4.69, 9.17) is 4.74 Å². The molecule has 0 aliphatic rings. The Balaban J connectivity index is 2.07. The SMILES string of the molecule is CCCCOc1ccc(-c2ccc(C(C)=O)cc2)cc1. The summed E-state index contributed by atoms with van der Waals surface area (Å²) in [5, 5.41) is 0. The minimum Gasteiger partial charge on any atom is -0.494 e. The molecular formula is C18H20O2. The quantitative estimate of drug-likeness (QED) is 0.559. The Hall–Kier alpha value is -2.09. The molecule has 0 aromatic heterocycles. The van der Waals surface area contributed by atoms with Gasteiger partial charge in [-0.05, 0) is 36.6 Å². The third kappa shape index (κ3) is 3.70. The van der Waals surface area contributed by atoms with Gasteiger partial charge in [0.2, 0.25) is 0 Å². The van der Waals surface area contributed by atoms with E-state index in [9.17, 15) is 4.79 Å². The summed E-state index contributed by atoms with van der Waals surface area (Å²) < 4.78 is 5.64. The van der Waals surface area contributed by atoms with Gasteiger partial charge in [0.05, 0.1) is 6.61 Å². The molecule has 20 heavy (non-hydrogen) atoms. The van der Waals surface area contributed by atoms with Crippen LogP contribution >= 0.6 is 0 Å².